The summed E-state index contributed by atoms with van der Waals surface area (Å²) < 4.78 is 1.13. The number of halogens is 1. The molecule has 0 fully saturated rings. The van der Waals surface area contributed by atoms with Crippen molar-refractivity contribution >= 4 is 15.9 Å². The number of H-pyrrole nitrogens is 1. The lowest BCUT2D eigenvalue weighted by atomic mass is 10.1. The molecule has 66 valence electrons. The molecule has 1 nitrogen and oxygen atoms in total. The van der Waals surface area contributed by atoms with Crippen molar-refractivity contribution in [1.82, 2.24) is 4.98 Å². The van der Waals surface area contributed by atoms with E-state index in [1.54, 1.807) is 0 Å². The van der Waals surface area contributed by atoms with E-state index in [0.717, 1.165) is 10.9 Å². The van der Waals surface area contributed by atoms with Gasteiger partial charge >= 0.3 is 0 Å². The third-order valence-corrected chi connectivity index (χ3v) is 2.50. The molecule has 0 spiro atoms. The summed E-state index contributed by atoms with van der Waals surface area (Å²) in [4.78, 5) is 3.19. The van der Waals surface area contributed by atoms with Gasteiger partial charge < -0.3 is 4.98 Å². The van der Waals surface area contributed by atoms with Crippen molar-refractivity contribution in [3.63, 3.8) is 0 Å². The average molecular weight is 236 g/mol. The van der Waals surface area contributed by atoms with Gasteiger partial charge in [-0.25, -0.2) is 0 Å². The third-order valence-electron chi connectivity index (χ3n) is 1.97. The van der Waals surface area contributed by atoms with Gasteiger partial charge in [-0.2, -0.15) is 0 Å². The van der Waals surface area contributed by atoms with Gasteiger partial charge in [-0.15, -0.1) is 0 Å². The zero-order chi connectivity index (χ0) is 9.10. The molecule has 0 saturated heterocycles. The Kier molecular flexibility index (Phi) is 2.50. The first-order chi connectivity index (χ1) is 6.34. The summed E-state index contributed by atoms with van der Waals surface area (Å²) >= 11 is 3.42. The van der Waals surface area contributed by atoms with E-state index in [-0.39, 0.29) is 0 Å². The van der Waals surface area contributed by atoms with Crippen LogP contribution in [0.2, 0.25) is 0 Å². The highest BCUT2D eigenvalue weighted by atomic mass is 79.9. The van der Waals surface area contributed by atoms with E-state index in [2.05, 4.69) is 51.2 Å². The van der Waals surface area contributed by atoms with Gasteiger partial charge in [0.2, 0.25) is 0 Å². The van der Waals surface area contributed by atoms with E-state index in [0.29, 0.717) is 0 Å². The summed E-state index contributed by atoms with van der Waals surface area (Å²) in [6.07, 6.45) is 2.93. The maximum Gasteiger partial charge on any atom is 0.0191 e. The second-order valence-electron chi connectivity index (χ2n) is 3.00. The molecule has 0 aliphatic heterocycles. The lowest BCUT2D eigenvalue weighted by Crippen LogP contribution is -1.86. The Bertz CT molecular complexity index is 361. The van der Waals surface area contributed by atoms with E-state index < -0.39 is 0 Å². The highest BCUT2D eigenvalue weighted by Crippen LogP contribution is 2.12. The molecule has 0 bridgehead atoms. The normalized spacial score (nSPS) is 10.2. The van der Waals surface area contributed by atoms with Crippen molar-refractivity contribution in [1.29, 1.82) is 0 Å². The second-order valence-corrected chi connectivity index (χ2v) is 3.91. The molecule has 2 rings (SSSR count). The number of rotatable bonds is 2. The van der Waals surface area contributed by atoms with Crippen LogP contribution in [0.5, 0.6) is 0 Å². The first-order valence-corrected chi connectivity index (χ1v) is 5.00. The molecular weight excluding hydrogens is 226 g/mol. The molecule has 1 N–H and O–H groups in total. The monoisotopic (exact) mass is 235 g/mol. The molecule has 13 heavy (non-hydrogen) atoms. The summed E-state index contributed by atoms with van der Waals surface area (Å²) in [5.74, 6) is 0. The van der Waals surface area contributed by atoms with Gasteiger partial charge in [-0.1, -0.05) is 28.1 Å². The van der Waals surface area contributed by atoms with Gasteiger partial charge in [-0.3, -0.25) is 0 Å². The fourth-order valence-electron chi connectivity index (χ4n) is 1.30. The standard InChI is InChI=1S/C11H10BrN/c12-10-5-3-9(4-6-10)8-11-2-1-7-13-11/h1-7,13H,8H2. The first kappa shape index (κ1) is 8.57. The van der Waals surface area contributed by atoms with Crippen molar-refractivity contribution in [3.05, 3.63) is 58.3 Å². The number of aromatic nitrogens is 1. The van der Waals surface area contributed by atoms with E-state index in [9.17, 15) is 0 Å². The van der Waals surface area contributed by atoms with Crippen LogP contribution in [0.25, 0.3) is 0 Å². The van der Waals surface area contributed by atoms with Crippen LogP contribution in [0, 0.1) is 0 Å². The van der Waals surface area contributed by atoms with E-state index in [4.69, 9.17) is 0 Å². The number of hydrogen-bond acceptors (Lipinski definition) is 0. The maximum atomic E-state index is 3.42. The lowest BCUT2D eigenvalue weighted by Gasteiger charge is -1.98. The van der Waals surface area contributed by atoms with Crippen LogP contribution in [-0.2, 0) is 6.42 Å². The molecule has 0 aliphatic carbocycles. The summed E-state index contributed by atoms with van der Waals surface area (Å²) in [7, 11) is 0. The molecule has 2 heteroatoms. The molecule has 1 heterocycles. The molecule has 0 amide bonds. The second kappa shape index (κ2) is 3.79. The summed E-state index contributed by atoms with van der Waals surface area (Å²) in [5, 5.41) is 0. The number of aromatic amines is 1. The average Bonchev–Trinajstić information content (AvgIpc) is 2.62. The lowest BCUT2D eigenvalue weighted by molar-refractivity contribution is 1.11. The predicted octanol–water partition coefficient (Wildman–Crippen LogP) is 3.37. The summed E-state index contributed by atoms with van der Waals surface area (Å²) in [5.41, 5.74) is 2.58. The van der Waals surface area contributed by atoms with Crippen molar-refractivity contribution in [3.8, 4) is 0 Å². The molecule has 0 atom stereocenters. The molecule has 0 saturated carbocycles. The maximum absolute atomic E-state index is 3.42. The Morgan fingerprint density at radius 1 is 1.08 bits per heavy atom. The van der Waals surface area contributed by atoms with Gasteiger partial charge in [0.05, 0.1) is 0 Å². The van der Waals surface area contributed by atoms with Gasteiger partial charge in [0.25, 0.3) is 0 Å². The number of hydrogen-bond donors (Lipinski definition) is 1. The van der Waals surface area contributed by atoms with Gasteiger partial charge in [0.15, 0.2) is 0 Å². The minimum Gasteiger partial charge on any atom is -0.365 e. The number of nitrogens with one attached hydrogen (secondary N) is 1. The number of benzene rings is 1. The Labute approximate surface area is 85.9 Å². The van der Waals surface area contributed by atoms with E-state index in [1.807, 2.05) is 12.3 Å². The van der Waals surface area contributed by atoms with Crippen LogP contribution in [0.1, 0.15) is 11.3 Å². The molecule has 0 aliphatic rings. The van der Waals surface area contributed by atoms with Crippen LogP contribution >= 0.6 is 15.9 Å². The zero-order valence-corrected chi connectivity index (χ0v) is 8.71. The minimum atomic E-state index is 0.972. The van der Waals surface area contributed by atoms with Crippen LogP contribution in [0.3, 0.4) is 0 Å². The molecule has 2 aromatic rings. The first-order valence-electron chi connectivity index (χ1n) is 4.21. The molecule has 0 radical (unpaired) electrons. The van der Waals surface area contributed by atoms with Crippen LogP contribution < -0.4 is 0 Å². The topological polar surface area (TPSA) is 15.8 Å². The van der Waals surface area contributed by atoms with Crippen molar-refractivity contribution < 1.29 is 0 Å². The quantitative estimate of drug-likeness (QED) is 0.822. The molecule has 0 unspecified atom stereocenters. The molecule has 1 aromatic carbocycles. The highest BCUT2D eigenvalue weighted by molar-refractivity contribution is 9.10. The Morgan fingerprint density at radius 3 is 2.46 bits per heavy atom. The fourth-order valence-corrected chi connectivity index (χ4v) is 1.56. The minimum absolute atomic E-state index is 0.972. The van der Waals surface area contributed by atoms with Crippen molar-refractivity contribution in [2.24, 2.45) is 0 Å². The van der Waals surface area contributed by atoms with Gasteiger partial charge in [-0.05, 0) is 29.8 Å². The largest absolute Gasteiger partial charge is 0.365 e. The summed E-state index contributed by atoms with van der Waals surface area (Å²) in [6.45, 7) is 0. The van der Waals surface area contributed by atoms with E-state index in [1.165, 1.54) is 11.3 Å². The van der Waals surface area contributed by atoms with E-state index >= 15 is 0 Å². The van der Waals surface area contributed by atoms with Gasteiger partial charge in [0, 0.05) is 22.8 Å². The highest BCUT2D eigenvalue weighted by Gasteiger charge is 1.95. The SMILES string of the molecule is Brc1ccc(Cc2ccc[nH]2)cc1. The van der Waals surface area contributed by atoms with Crippen molar-refractivity contribution in [2.45, 2.75) is 6.42 Å². The predicted molar refractivity (Wildman–Crippen MR) is 57.7 cm³/mol. The Balaban J connectivity index is 2.15. The third kappa shape index (κ3) is 2.22. The molecular formula is C11H10BrN. The smallest absolute Gasteiger partial charge is 0.0191 e. The van der Waals surface area contributed by atoms with Crippen LogP contribution in [0.4, 0.5) is 0 Å². The Morgan fingerprint density at radius 2 is 1.85 bits per heavy atom. The zero-order valence-electron chi connectivity index (χ0n) is 7.13. The van der Waals surface area contributed by atoms with Crippen LogP contribution in [-0.4, -0.2) is 4.98 Å². The molecule has 1 aromatic heterocycles. The fraction of sp³-hybridized carbons (Fsp3) is 0.0909. The van der Waals surface area contributed by atoms with Crippen LogP contribution in [0.15, 0.2) is 47.1 Å². The Hall–Kier alpha value is -1.02. The summed E-state index contributed by atoms with van der Waals surface area (Å²) in [6, 6.07) is 12.5. The van der Waals surface area contributed by atoms with Gasteiger partial charge in [0.1, 0.15) is 0 Å². The van der Waals surface area contributed by atoms with Crippen molar-refractivity contribution in [2.75, 3.05) is 0 Å².